The Morgan fingerprint density at radius 1 is 1.18 bits per heavy atom. The van der Waals surface area contributed by atoms with E-state index in [0.717, 1.165) is 25.8 Å². The lowest BCUT2D eigenvalue weighted by molar-refractivity contribution is -0.125. The van der Waals surface area contributed by atoms with Crippen molar-refractivity contribution in [2.24, 2.45) is 5.92 Å². The van der Waals surface area contributed by atoms with Crippen LogP contribution in [-0.2, 0) is 4.79 Å². The van der Waals surface area contributed by atoms with Gasteiger partial charge in [0.1, 0.15) is 0 Å². The van der Waals surface area contributed by atoms with Crippen molar-refractivity contribution in [2.45, 2.75) is 64.2 Å². The smallest absolute Gasteiger partial charge is 0.223 e. The van der Waals surface area contributed by atoms with Gasteiger partial charge in [-0.2, -0.15) is 0 Å². The summed E-state index contributed by atoms with van der Waals surface area (Å²) in [5, 5.41) is 3.12. The molecule has 0 aliphatic heterocycles. The third-order valence-corrected chi connectivity index (χ3v) is 4.11. The van der Waals surface area contributed by atoms with Gasteiger partial charge in [-0.1, -0.05) is 30.9 Å². The van der Waals surface area contributed by atoms with Crippen molar-refractivity contribution in [1.82, 2.24) is 5.32 Å². The lowest BCUT2D eigenvalue weighted by Gasteiger charge is -2.21. The first-order valence-electron chi connectivity index (χ1n) is 7.32. The molecule has 0 spiro atoms. The first-order valence-corrected chi connectivity index (χ1v) is 7.32. The molecule has 0 aromatic carbocycles. The van der Waals surface area contributed by atoms with Crippen molar-refractivity contribution in [3.05, 3.63) is 11.6 Å². The topological polar surface area (TPSA) is 29.1 Å². The van der Waals surface area contributed by atoms with E-state index in [9.17, 15) is 4.79 Å². The second kappa shape index (κ2) is 6.83. The van der Waals surface area contributed by atoms with Crippen LogP contribution in [0.5, 0.6) is 0 Å². The molecule has 96 valence electrons. The Labute approximate surface area is 105 Å². The average Bonchev–Trinajstić information content (AvgIpc) is 2.41. The fourth-order valence-corrected chi connectivity index (χ4v) is 2.99. The number of hydrogen-bond donors (Lipinski definition) is 1. The number of amides is 1. The molecular weight excluding hydrogens is 210 g/mol. The summed E-state index contributed by atoms with van der Waals surface area (Å²) < 4.78 is 0. The molecule has 2 heteroatoms. The maximum atomic E-state index is 11.9. The van der Waals surface area contributed by atoms with Crippen molar-refractivity contribution in [1.29, 1.82) is 0 Å². The van der Waals surface area contributed by atoms with Crippen LogP contribution in [-0.4, -0.2) is 12.5 Å². The van der Waals surface area contributed by atoms with E-state index in [1.165, 1.54) is 44.9 Å². The number of carbonyl (C=O) groups excluding carboxylic acids is 1. The lowest BCUT2D eigenvalue weighted by Crippen LogP contribution is -2.32. The van der Waals surface area contributed by atoms with E-state index in [0.29, 0.717) is 11.8 Å². The fraction of sp³-hybridized carbons (Fsp3) is 0.800. The van der Waals surface area contributed by atoms with E-state index in [1.54, 1.807) is 5.57 Å². The minimum atomic E-state index is 0.307. The fourth-order valence-electron chi connectivity index (χ4n) is 2.99. The SMILES string of the molecule is O=C(NCCC1=CCCCC1)C1CCCCC1. The van der Waals surface area contributed by atoms with Crippen LogP contribution in [0.25, 0.3) is 0 Å². The van der Waals surface area contributed by atoms with Crippen molar-refractivity contribution >= 4 is 5.91 Å². The van der Waals surface area contributed by atoms with Gasteiger partial charge in [-0.25, -0.2) is 0 Å². The van der Waals surface area contributed by atoms with Gasteiger partial charge < -0.3 is 5.32 Å². The highest BCUT2D eigenvalue weighted by Crippen LogP contribution is 2.24. The van der Waals surface area contributed by atoms with E-state index < -0.39 is 0 Å². The van der Waals surface area contributed by atoms with Gasteiger partial charge >= 0.3 is 0 Å². The summed E-state index contributed by atoms with van der Waals surface area (Å²) in [6, 6.07) is 0. The van der Waals surface area contributed by atoms with Gasteiger partial charge in [-0.15, -0.1) is 0 Å². The molecular formula is C15H25NO. The molecule has 0 atom stereocenters. The summed E-state index contributed by atoms with van der Waals surface area (Å²) in [6.07, 6.45) is 14.6. The zero-order valence-electron chi connectivity index (χ0n) is 10.8. The number of rotatable bonds is 4. The van der Waals surface area contributed by atoms with Crippen LogP contribution in [0.3, 0.4) is 0 Å². The molecule has 2 aliphatic rings. The highest BCUT2D eigenvalue weighted by atomic mass is 16.1. The summed E-state index contributed by atoms with van der Waals surface area (Å²) in [7, 11) is 0. The summed E-state index contributed by atoms with van der Waals surface area (Å²) >= 11 is 0. The van der Waals surface area contributed by atoms with E-state index in [1.807, 2.05) is 0 Å². The van der Waals surface area contributed by atoms with Crippen LogP contribution in [0.4, 0.5) is 0 Å². The van der Waals surface area contributed by atoms with Gasteiger partial charge in [0, 0.05) is 12.5 Å². The maximum absolute atomic E-state index is 11.9. The maximum Gasteiger partial charge on any atom is 0.223 e. The Balaban J connectivity index is 1.63. The Hall–Kier alpha value is -0.790. The third-order valence-electron chi connectivity index (χ3n) is 4.11. The van der Waals surface area contributed by atoms with E-state index in [4.69, 9.17) is 0 Å². The highest BCUT2D eigenvalue weighted by molar-refractivity contribution is 5.78. The van der Waals surface area contributed by atoms with Crippen LogP contribution < -0.4 is 5.32 Å². The molecule has 0 heterocycles. The first-order chi connectivity index (χ1) is 8.36. The molecule has 1 fully saturated rings. The van der Waals surface area contributed by atoms with Crippen molar-refractivity contribution in [2.75, 3.05) is 6.54 Å². The van der Waals surface area contributed by atoms with Crippen LogP contribution in [0.15, 0.2) is 11.6 Å². The molecule has 0 saturated heterocycles. The van der Waals surface area contributed by atoms with Gasteiger partial charge in [0.25, 0.3) is 0 Å². The number of hydrogen-bond acceptors (Lipinski definition) is 1. The second-order valence-corrected chi connectivity index (χ2v) is 5.48. The van der Waals surface area contributed by atoms with Crippen LogP contribution in [0, 0.1) is 5.92 Å². The molecule has 17 heavy (non-hydrogen) atoms. The van der Waals surface area contributed by atoms with Crippen LogP contribution in [0.1, 0.15) is 64.2 Å². The molecule has 0 aromatic heterocycles. The van der Waals surface area contributed by atoms with Gasteiger partial charge in [-0.3, -0.25) is 4.79 Å². The molecule has 0 unspecified atom stereocenters. The summed E-state index contributed by atoms with van der Waals surface area (Å²) in [6.45, 7) is 0.848. The standard InChI is InChI=1S/C15H25NO/c17-15(14-9-5-2-6-10-14)16-12-11-13-7-3-1-4-8-13/h7,14H,1-6,8-12H2,(H,16,17). The van der Waals surface area contributed by atoms with Crippen molar-refractivity contribution in [3.63, 3.8) is 0 Å². The van der Waals surface area contributed by atoms with E-state index in [-0.39, 0.29) is 0 Å². The lowest BCUT2D eigenvalue weighted by atomic mass is 9.88. The van der Waals surface area contributed by atoms with Gasteiger partial charge in [-0.05, 0) is 44.9 Å². The molecule has 0 bridgehead atoms. The number of nitrogens with one attached hydrogen (secondary N) is 1. The summed E-state index contributed by atoms with van der Waals surface area (Å²) in [5.41, 5.74) is 1.56. The molecule has 0 radical (unpaired) electrons. The first kappa shape index (κ1) is 12.7. The minimum absolute atomic E-state index is 0.307. The van der Waals surface area contributed by atoms with Crippen molar-refractivity contribution in [3.8, 4) is 0 Å². The van der Waals surface area contributed by atoms with Gasteiger partial charge in [0.15, 0.2) is 0 Å². The van der Waals surface area contributed by atoms with E-state index in [2.05, 4.69) is 11.4 Å². The molecule has 2 aliphatic carbocycles. The molecule has 2 nitrogen and oxygen atoms in total. The monoisotopic (exact) mass is 235 g/mol. The minimum Gasteiger partial charge on any atom is -0.356 e. The van der Waals surface area contributed by atoms with Gasteiger partial charge in [0.2, 0.25) is 5.91 Å². The molecule has 1 N–H and O–H groups in total. The summed E-state index contributed by atoms with van der Waals surface area (Å²) in [4.78, 5) is 11.9. The number of allylic oxidation sites excluding steroid dienone is 1. The molecule has 1 saturated carbocycles. The Bertz CT molecular complexity index is 277. The highest BCUT2D eigenvalue weighted by Gasteiger charge is 2.20. The zero-order chi connectivity index (χ0) is 11.9. The molecule has 0 aromatic rings. The normalized spacial score (nSPS) is 22.0. The average molecular weight is 235 g/mol. The molecule has 1 amide bonds. The zero-order valence-corrected chi connectivity index (χ0v) is 10.8. The Morgan fingerprint density at radius 3 is 2.71 bits per heavy atom. The Morgan fingerprint density at radius 2 is 2.00 bits per heavy atom. The quantitative estimate of drug-likeness (QED) is 0.741. The molecule has 2 rings (SSSR count). The van der Waals surface area contributed by atoms with Crippen molar-refractivity contribution < 1.29 is 4.79 Å². The number of carbonyl (C=O) groups is 1. The van der Waals surface area contributed by atoms with Crippen LogP contribution in [0.2, 0.25) is 0 Å². The largest absolute Gasteiger partial charge is 0.356 e. The Kier molecular flexibility index (Phi) is 5.08. The predicted octanol–water partition coefficient (Wildman–Crippen LogP) is 3.57. The summed E-state index contributed by atoms with van der Waals surface area (Å²) in [5.74, 6) is 0.616. The van der Waals surface area contributed by atoms with E-state index >= 15 is 0 Å². The third kappa shape index (κ3) is 4.18. The van der Waals surface area contributed by atoms with Gasteiger partial charge in [0.05, 0.1) is 0 Å². The predicted molar refractivity (Wildman–Crippen MR) is 70.8 cm³/mol. The van der Waals surface area contributed by atoms with Crippen LogP contribution >= 0.6 is 0 Å². The second-order valence-electron chi connectivity index (χ2n) is 5.48.